The molecule has 0 amide bonds. The summed E-state index contributed by atoms with van der Waals surface area (Å²) in [5, 5.41) is 33.3. The van der Waals surface area contributed by atoms with Crippen LogP contribution < -0.4 is 0 Å². The Hall–Kier alpha value is -6.87. The second-order valence-electron chi connectivity index (χ2n) is 12.9. The molecule has 0 radical (unpaired) electrons. The zero-order valence-corrected chi connectivity index (χ0v) is 27.1. The van der Waals surface area contributed by atoms with Gasteiger partial charge in [0.2, 0.25) is 0 Å². The Morgan fingerprint density at radius 1 is 0.620 bits per heavy atom. The molecule has 234 valence electrons. The molecule has 2 aliphatic carbocycles. The van der Waals surface area contributed by atoms with E-state index in [2.05, 4.69) is 124 Å². The second kappa shape index (κ2) is 11.7. The van der Waals surface area contributed by atoms with Gasteiger partial charge < -0.3 is 9.13 Å². The second-order valence-corrected chi connectivity index (χ2v) is 12.9. The molecule has 0 spiro atoms. The van der Waals surface area contributed by atoms with Gasteiger partial charge in [-0.05, 0) is 90.1 Å². The summed E-state index contributed by atoms with van der Waals surface area (Å²) >= 11 is 0. The first-order valence-corrected chi connectivity index (χ1v) is 16.9. The Kier molecular flexibility index (Phi) is 6.84. The Morgan fingerprint density at radius 2 is 1.32 bits per heavy atom. The van der Waals surface area contributed by atoms with Crippen molar-refractivity contribution in [2.75, 3.05) is 0 Å². The van der Waals surface area contributed by atoms with Crippen LogP contribution in [0.1, 0.15) is 41.3 Å². The van der Waals surface area contributed by atoms with Crippen molar-refractivity contribution in [2.24, 2.45) is 0 Å². The van der Waals surface area contributed by atoms with Crippen LogP contribution in [0.4, 0.5) is 0 Å². The third-order valence-corrected chi connectivity index (χ3v) is 10.3. The molecule has 9 rings (SSSR count). The van der Waals surface area contributed by atoms with Gasteiger partial charge in [-0.15, -0.1) is 0 Å². The molecule has 2 aromatic heterocycles. The van der Waals surface area contributed by atoms with Crippen molar-refractivity contribution in [3.63, 3.8) is 0 Å². The molecule has 1 atom stereocenters. The number of fused-ring (bicyclic) bond motifs is 6. The molecular formula is C45H29N5. The van der Waals surface area contributed by atoms with Gasteiger partial charge in [-0.1, -0.05) is 84.9 Å². The summed E-state index contributed by atoms with van der Waals surface area (Å²) < 4.78 is 4.61. The molecule has 0 bridgehead atoms. The van der Waals surface area contributed by atoms with Crippen molar-refractivity contribution >= 4 is 44.4 Å². The van der Waals surface area contributed by atoms with Crippen LogP contribution in [-0.4, -0.2) is 9.13 Å². The van der Waals surface area contributed by atoms with Crippen LogP contribution in [0.3, 0.4) is 0 Å². The number of benzene rings is 5. The van der Waals surface area contributed by atoms with E-state index in [-0.39, 0.29) is 6.04 Å². The number of aryl methyl sites for hydroxylation is 1. The van der Waals surface area contributed by atoms with Crippen molar-refractivity contribution < 1.29 is 0 Å². The van der Waals surface area contributed by atoms with Gasteiger partial charge in [0, 0.05) is 38.3 Å². The molecule has 0 saturated heterocycles. The number of nitriles is 3. The summed E-state index contributed by atoms with van der Waals surface area (Å²) in [6, 6.07) is 46.9. The van der Waals surface area contributed by atoms with Crippen molar-refractivity contribution in [3.8, 4) is 35.0 Å². The van der Waals surface area contributed by atoms with Gasteiger partial charge in [0.15, 0.2) is 0 Å². The number of para-hydroxylation sites is 3. The molecule has 2 heterocycles. The van der Waals surface area contributed by atoms with Crippen LogP contribution in [0.25, 0.3) is 61.2 Å². The minimum atomic E-state index is 0.0338. The maximum absolute atomic E-state index is 10.4. The van der Waals surface area contributed by atoms with Gasteiger partial charge in [-0.3, -0.25) is 0 Å². The molecule has 1 unspecified atom stereocenters. The summed E-state index contributed by atoms with van der Waals surface area (Å²) in [6.45, 7) is 0. The van der Waals surface area contributed by atoms with Gasteiger partial charge >= 0.3 is 0 Å². The van der Waals surface area contributed by atoms with Gasteiger partial charge in [0.25, 0.3) is 0 Å². The van der Waals surface area contributed by atoms with Crippen molar-refractivity contribution in [3.05, 3.63) is 161 Å². The van der Waals surface area contributed by atoms with Crippen LogP contribution in [0.2, 0.25) is 0 Å². The number of rotatable bonds is 4. The molecule has 50 heavy (non-hydrogen) atoms. The van der Waals surface area contributed by atoms with E-state index in [0.29, 0.717) is 17.6 Å². The fourth-order valence-corrected chi connectivity index (χ4v) is 8.01. The fourth-order valence-electron chi connectivity index (χ4n) is 8.01. The first kappa shape index (κ1) is 29.3. The van der Waals surface area contributed by atoms with Crippen LogP contribution in [0, 0.1) is 34.0 Å². The van der Waals surface area contributed by atoms with Gasteiger partial charge in [-0.25, -0.2) is 0 Å². The molecule has 0 fully saturated rings. The van der Waals surface area contributed by atoms with Crippen LogP contribution in [-0.2, 0) is 6.42 Å². The molecule has 0 saturated carbocycles. The van der Waals surface area contributed by atoms with Crippen LogP contribution in [0.5, 0.6) is 0 Å². The van der Waals surface area contributed by atoms with E-state index in [1.165, 1.54) is 27.4 Å². The maximum atomic E-state index is 10.4. The Labute approximate surface area is 289 Å². The monoisotopic (exact) mass is 639 g/mol. The lowest BCUT2D eigenvalue weighted by atomic mass is 9.89. The average Bonchev–Trinajstić information content (AvgIpc) is 3.69. The fraction of sp³-hybridized carbons (Fsp3) is 0.0889. The smallest absolute Gasteiger partial charge is 0.0995 e. The zero-order valence-electron chi connectivity index (χ0n) is 27.1. The first-order valence-electron chi connectivity index (χ1n) is 16.9. The van der Waals surface area contributed by atoms with Crippen molar-refractivity contribution in [2.45, 2.75) is 25.3 Å². The summed E-state index contributed by atoms with van der Waals surface area (Å²) in [5.41, 5.74) is 12.7. The minimum absolute atomic E-state index is 0.0338. The Balaban J connectivity index is 1.10. The quantitative estimate of drug-likeness (QED) is 0.192. The molecule has 5 aromatic carbocycles. The van der Waals surface area contributed by atoms with Crippen molar-refractivity contribution in [1.29, 1.82) is 15.8 Å². The molecule has 5 heteroatoms. The average molecular weight is 640 g/mol. The third kappa shape index (κ3) is 4.51. The zero-order chi connectivity index (χ0) is 33.8. The minimum Gasteiger partial charge on any atom is -0.333 e. The standard InChI is InChI=1S/C45H29N5/c46-26-29-14-22-44-40(23-29)39-20-13-30(27-47)24-45(39)50(44)41-10-4-1-7-36(41)32-17-15-31(16-18-32)35-21-19-34(25-33(35)28-48)49-42-11-5-2-8-37(42)38-9-3-6-12-43(38)49/h1-12,14-18,21-25,34H,13,19-20H2. The molecule has 2 aliphatic rings. The first-order chi connectivity index (χ1) is 24.7. The van der Waals surface area contributed by atoms with Gasteiger partial charge in [0.1, 0.15) is 0 Å². The highest BCUT2D eigenvalue weighted by atomic mass is 15.0. The number of aromatic nitrogens is 2. The predicted molar refractivity (Wildman–Crippen MR) is 200 cm³/mol. The SMILES string of the molecule is N#CC1=Cc2c(c3cc(C#N)ccc3n2-c2ccccc2-c2ccc(C3=CCC(n4c5ccccc5c5ccccc54)C=C3C#N)cc2)CC1. The van der Waals surface area contributed by atoms with E-state index >= 15 is 0 Å². The van der Waals surface area contributed by atoms with Gasteiger partial charge in [-0.2, -0.15) is 15.8 Å². The summed E-state index contributed by atoms with van der Waals surface area (Å²) in [4.78, 5) is 0. The third-order valence-electron chi connectivity index (χ3n) is 10.3. The van der Waals surface area contributed by atoms with Crippen molar-refractivity contribution in [1.82, 2.24) is 9.13 Å². The number of hydrogen-bond acceptors (Lipinski definition) is 3. The van der Waals surface area contributed by atoms with Crippen LogP contribution >= 0.6 is 0 Å². The molecule has 0 aliphatic heterocycles. The Morgan fingerprint density at radius 3 is 2.04 bits per heavy atom. The van der Waals surface area contributed by atoms with E-state index in [0.717, 1.165) is 63.0 Å². The lowest BCUT2D eigenvalue weighted by Gasteiger charge is -2.23. The van der Waals surface area contributed by atoms with E-state index < -0.39 is 0 Å². The molecular weight excluding hydrogens is 611 g/mol. The lowest BCUT2D eigenvalue weighted by molar-refractivity contribution is 0.647. The highest BCUT2D eigenvalue weighted by molar-refractivity contribution is 6.08. The molecule has 7 aromatic rings. The summed E-state index contributed by atoms with van der Waals surface area (Å²) in [5.74, 6) is 0. The van der Waals surface area contributed by atoms with E-state index in [1.807, 2.05) is 36.4 Å². The lowest BCUT2D eigenvalue weighted by Crippen LogP contribution is -2.10. The number of nitrogens with zero attached hydrogens (tertiary/aromatic N) is 5. The van der Waals surface area contributed by atoms with E-state index in [9.17, 15) is 15.8 Å². The molecule has 5 nitrogen and oxygen atoms in total. The topological polar surface area (TPSA) is 81.2 Å². The Bertz CT molecular complexity index is 2710. The predicted octanol–water partition coefficient (Wildman–Crippen LogP) is 10.6. The van der Waals surface area contributed by atoms with E-state index in [1.54, 1.807) is 0 Å². The van der Waals surface area contributed by atoms with Crippen LogP contribution in [0.15, 0.2) is 139 Å². The number of allylic oxidation sites excluding steroid dienone is 5. The van der Waals surface area contributed by atoms with E-state index in [4.69, 9.17) is 0 Å². The molecule has 0 N–H and O–H groups in total. The normalized spacial score (nSPS) is 15.5. The summed E-state index contributed by atoms with van der Waals surface area (Å²) in [7, 11) is 0. The van der Waals surface area contributed by atoms with Gasteiger partial charge in [0.05, 0.1) is 52.3 Å². The highest BCUT2D eigenvalue weighted by Gasteiger charge is 2.24. The number of hydrogen-bond donors (Lipinski definition) is 0. The maximum Gasteiger partial charge on any atom is 0.0995 e. The largest absolute Gasteiger partial charge is 0.333 e. The highest BCUT2D eigenvalue weighted by Crippen LogP contribution is 2.41. The summed E-state index contributed by atoms with van der Waals surface area (Å²) in [6.07, 6.45) is 8.57.